The number of aromatic hydroxyl groups is 2. The predicted molar refractivity (Wildman–Crippen MR) is 130 cm³/mol. The lowest BCUT2D eigenvalue weighted by atomic mass is 9.92. The zero-order valence-electron chi connectivity index (χ0n) is 17.5. The maximum atomic E-state index is 10.9. The molecule has 5 aromatic rings. The van der Waals surface area contributed by atoms with Gasteiger partial charge in [0.25, 0.3) is 0 Å². The first kappa shape index (κ1) is 19.6. The van der Waals surface area contributed by atoms with E-state index in [1.54, 1.807) is 37.6 Å². The van der Waals surface area contributed by atoms with E-state index in [0.29, 0.717) is 17.0 Å². The molecule has 4 nitrogen and oxygen atoms in total. The van der Waals surface area contributed by atoms with E-state index in [2.05, 4.69) is 0 Å². The van der Waals surface area contributed by atoms with Gasteiger partial charge in [-0.2, -0.15) is 0 Å². The first-order valence-corrected chi connectivity index (χ1v) is 10.3. The van der Waals surface area contributed by atoms with Gasteiger partial charge in [-0.3, -0.25) is 4.99 Å². The fraction of sp³-hybridized carbons (Fsp3) is 0.0357. The van der Waals surface area contributed by atoms with Crippen molar-refractivity contribution in [2.24, 2.45) is 4.99 Å². The number of hydrogen-bond acceptors (Lipinski definition) is 4. The van der Waals surface area contributed by atoms with Crippen LogP contribution in [0.25, 0.3) is 32.7 Å². The molecular formula is C28H21NO3. The molecule has 0 aliphatic heterocycles. The van der Waals surface area contributed by atoms with Crippen LogP contribution in [-0.4, -0.2) is 23.5 Å². The van der Waals surface area contributed by atoms with Gasteiger partial charge in [-0.25, -0.2) is 0 Å². The van der Waals surface area contributed by atoms with Crippen LogP contribution < -0.4 is 4.74 Å². The van der Waals surface area contributed by atoms with E-state index in [1.807, 2.05) is 66.7 Å². The molecule has 0 saturated heterocycles. The first-order chi connectivity index (χ1) is 15.7. The Morgan fingerprint density at radius 1 is 0.688 bits per heavy atom. The average Bonchev–Trinajstić information content (AvgIpc) is 2.83. The van der Waals surface area contributed by atoms with E-state index in [9.17, 15) is 10.2 Å². The molecule has 0 atom stereocenters. The van der Waals surface area contributed by atoms with Crippen molar-refractivity contribution in [3.05, 3.63) is 96.6 Å². The monoisotopic (exact) mass is 419 g/mol. The van der Waals surface area contributed by atoms with Crippen molar-refractivity contribution in [1.29, 1.82) is 0 Å². The topological polar surface area (TPSA) is 62.0 Å². The van der Waals surface area contributed by atoms with Crippen LogP contribution in [0.5, 0.6) is 17.2 Å². The summed E-state index contributed by atoms with van der Waals surface area (Å²) in [7, 11) is 1.56. The van der Waals surface area contributed by atoms with Crippen molar-refractivity contribution in [2.75, 3.05) is 7.11 Å². The maximum absolute atomic E-state index is 10.9. The summed E-state index contributed by atoms with van der Waals surface area (Å²) in [5.74, 6) is 0.860. The fourth-order valence-corrected chi connectivity index (χ4v) is 4.05. The van der Waals surface area contributed by atoms with Crippen molar-refractivity contribution in [2.45, 2.75) is 0 Å². The number of nitrogens with zero attached hydrogens (tertiary/aromatic N) is 1. The van der Waals surface area contributed by atoms with E-state index in [-0.39, 0.29) is 11.5 Å². The number of ether oxygens (including phenoxy) is 1. The lowest BCUT2D eigenvalue weighted by molar-refractivity contribution is 0.407. The van der Waals surface area contributed by atoms with Gasteiger partial charge in [-0.1, -0.05) is 60.7 Å². The highest BCUT2D eigenvalue weighted by Gasteiger charge is 2.16. The van der Waals surface area contributed by atoms with Crippen LogP contribution in [0.1, 0.15) is 5.56 Å². The minimum atomic E-state index is 0.0865. The molecule has 0 aromatic heterocycles. The van der Waals surface area contributed by atoms with Gasteiger partial charge < -0.3 is 14.9 Å². The highest BCUT2D eigenvalue weighted by Crippen LogP contribution is 2.45. The molecule has 0 saturated carbocycles. The summed E-state index contributed by atoms with van der Waals surface area (Å²) < 4.78 is 5.16. The number of phenols is 2. The molecule has 0 amide bonds. The zero-order chi connectivity index (χ0) is 22.1. The van der Waals surface area contributed by atoms with Gasteiger partial charge >= 0.3 is 0 Å². The van der Waals surface area contributed by atoms with Gasteiger partial charge in [0.15, 0.2) is 0 Å². The van der Waals surface area contributed by atoms with Crippen LogP contribution in [0.3, 0.4) is 0 Å². The van der Waals surface area contributed by atoms with E-state index in [4.69, 9.17) is 9.73 Å². The van der Waals surface area contributed by atoms with Crippen molar-refractivity contribution in [3.8, 4) is 28.4 Å². The van der Waals surface area contributed by atoms with E-state index < -0.39 is 0 Å². The Balaban J connectivity index is 1.77. The molecule has 5 rings (SSSR count). The van der Waals surface area contributed by atoms with Gasteiger partial charge in [0, 0.05) is 29.0 Å². The summed E-state index contributed by atoms with van der Waals surface area (Å²) in [5, 5.41) is 25.3. The molecule has 0 aliphatic rings. The number of fused-ring (bicyclic) bond motifs is 2. The van der Waals surface area contributed by atoms with Crippen LogP contribution >= 0.6 is 0 Å². The molecule has 0 heterocycles. The summed E-state index contributed by atoms with van der Waals surface area (Å²) in [6.07, 6.45) is 1.63. The Bertz CT molecular complexity index is 1490. The van der Waals surface area contributed by atoms with E-state index >= 15 is 0 Å². The molecule has 0 radical (unpaired) electrons. The van der Waals surface area contributed by atoms with Crippen molar-refractivity contribution in [3.63, 3.8) is 0 Å². The smallest absolute Gasteiger partial charge is 0.128 e. The molecule has 5 aromatic carbocycles. The molecule has 0 unspecified atom stereocenters. The van der Waals surface area contributed by atoms with E-state index in [1.165, 1.54) is 0 Å². The molecule has 156 valence electrons. The Hall–Kier alpha value is -4.31. The second-order valence-electron chi connectivity index (χ2n) is 7.54. The summed E-state index contributed by atoms with van der Waals surface area (Å²) in [4.78, 5) is 4.73. The number of rotatable bonds is 4. The summed E-state index contributed by atoms with van der Waals surface area (Å²) in [6.45, 7) is 0. The number of benzene rings is 5. The number of methoxy groups -OCH3 is 1. The van der Waals surface area contributed by atoms with E-state index in [0.717, 1.165) is 32.7 Å². The average molecular weight is 419 g/mol. The highest BCUT2D eigenvalue weighted by atomic mass is 16.5. The molecule has 0 bridgehead atoms. The summed E-state index contributed by atoms with van der Waals surface area (Å²) in [5.41, 5.74) is 2.87. The van der Waals surface area contributed by atoms with Gasteiger partial charge in [0.1, 0.15) is 17.2 Å². The van der Waals surface area contributed by atoms with Gasteiger partial charge in [0.05, 0.1) is 12.8 Å². The largest absolute Gasteiger partial charge is 0.507 e. The second-order valence-corrected chi connectivity index (χ2v) is 7.54. The second kappa shape index (κ2) is 8.08. The highest BCUT2D eigenvalue weighted by molar-refractivity contribution is 6.11. The van der Waals surface area contributed by atoms with Crippen molar-refractivity contribution in [1.82, 2.24) is 0 Å². The third-order valence-electron chi connectivity index (χ3n) is 5.64. The molecule has 2 N–H and O–H groups in total. The van der Waals surface area contributed by atoms with Crippen molar-refractivity contribution >= 4 is 33.4 Å². The lowest BCUT2D eigenvalue weighted by Crippen LogP contribution is -1.89. The number of aliphatic imine (C=N–C) groups is 1. The molecule has 0 aliphatic carbocycles. The fourth-order valence-electron chi connectivity index (χ4n) is 4.05. The Labute approximate surface area is 185 Å². The van der Waals surface area contributed by atoms with Crippen LogP contribution in [-0.2, 0) is 0 Å². The third-order valence-corrected chi connectivity index (χ3v) is 5.64. The third kappa shape index (κ3) is 3.42. The quantitative estimate of drug-likeness (QED) is 0.314. The molecule has 0 fully saturated rings. The lowest BCUT2D eigenvalue weighted by Gasteiger charge is -2.15. The van der Waals surface area contributed by atoms with Crippen LogP contribution in [0.4, 0.5) is 5.69 Å². The van der Waals surface area contributed by atoms with Crippen molar-refractivity contribution < 1.29 is 14.9 Å². The minimum absolute atomic E-state index is 0.0865. The Kier molecular flexibility index (Phi) is 4.96. The SMILES string of the molecule is COc1ccc(C=Nc2ccc3ccccc3c2-c2c(O)ccc3ccccc23)c(O)c1. The summed E-state index contributed by atoms with van der Waals surface area (Å²) >= 11 is 0. The number of phenolic OH excluding ortho intramolecular Hbond substituents is 2. The van der Waals surface area contributed by atoms with Gasteiger partial charge in [0.2, 0.25) is 0 Å². The molecular weight excluding hydrogens is 398 g/mol. The Morgan fingerprint density at radius 2 is 1.34 bits per heavy atom. The first-order valence-electron chi connectivity index (χ1n) is 10.3. The normalized spacial score (nSPS) is 11.4. The Morgan fingerprint density at radius 3 is 2.03 bits per heavy atom. The molecule has 0 spiro atoms. The van der Waals surface area contributed by atoms with Crippen LogP contribution in [0.15, 0.2) is 96.0 Å². The molecule has 32 heavy (non-hydrogen) atoms. The number of hydrogen-bond donors (Lipinski definition) is 2. The minimum Gasteiger partial charge on any atom is -0.507 e. The predicted octanol–water partition coefficient (Wildman–Crippen LogP) is 6.83. The van der Waals surface area contributed by atoms with Crippen LogP contribution in [0.2, 0.25) is 0 Å². The zero-order valence-corrected chi connectivity index (χ0v) is 17.5. The molecule has 4 heteroatoms. The van der Waals surface area contributed by atoms with Gasteiger partial charge in [-0.05, 0) is 45.8 Å². The maximum Gasteiger partial charge on any atom is 0.128 e. The summed E-state index contributed by atoms with van der Waals surface area (Å²) in [6, 6.07) is 28.7. The van der Waals surface area contributed by atoms with Gasteiger partial charge in [-0.15, -0.1) is 0 Å². The standard InChI is InChI=1S/C28H21NO3/c1-32-21-13-10-20(26(31)16-21)17-29-24-14-11-18-6-2-4-8-22(18)27(24)28-23-9-5-3-7-19(23)12-15-25(28)30/h2-17,30-31H,1H3. The van der Waals surface area contributed by atoms with Crippen LogP contribution in [0, 0.1) is 0 Å².